The van der Waals surface area contributed by atoms with Gasteiger partial charge in [0, 0.05) is 6.04 Å². The molecule has 0 aromatic heterocycles. The molecule has 2 N–H and O–H groups in total. The molecule has 1 heteroatoms. The van der Waals surface area contributed by atoms with Crippen LogP contribution in [0.5, 0.6) is 0 Å². The van der Waals surface area contributed by atoms with Gasteiger partial charge in [0.15, 0.2) is 0 Å². The van der Waals surface area contributed by atoms with Gasteiger partial charge in [-0.25, -0.2) is 0 Å². The van der Waals surface area contributed by atoms with Gasteiger partial charge in [-0.2, -0.15) is 0 Å². The summed E-state index contributed by atoms with van der Waals surface area (Å²) >= 11 is 0. The van der Waals surface area contributed by atoms with Crippen LogP contribution in [0, 0.1) is 5.41 Å². The van der Waals surface area contributed by atoms with Crippen LogP contribution in [0.15, 0.2) is 11.1 Å². The summed E-state index contributed by atoms with van der Waals surface area (Å²) in [7, 11) is 0. The van der Waals surface area contributed by atoms with Crippen LogP contribution in [0.25, 0.3) is 0 Å². The first-order valence-electron chi connectivity index (χ1n) is 5.88. The van der Waals surface area contributed by atoms with Gasteiger partial charge >= 0.3 is 0 Å². The lowest BCUT2D eigenvalue weighted by molar-refractivity contribution is 0.349. The number of hydrogen-bond donors (Lipinski definition) is 1. The minimum absolute atomic E-state index is 0.341. The molecular weight excluding hydrogens is 170 g/mol. The van der Waals surface area contributed by atoms with Gasteiger partial charge in [-0.3, -0.25) is 0 Å². The molecule has 1 atom stereocenters. The van der Waals surface area contributed by atoms with E-state index < -0.39 is 0 Å². The maximum Gasteiger partial charge on any atom is 0.00135 e. The van der Waals surface area contributed by atoms with E-state index in [-0.39, 0.29) is 0 Å². The van der Waals surface area contributed by atoms with Crippen molar-refractivity contribution in [1.29, 1.82) is 0 Å². The average molecular weight is 195 g/mol. The number of allylic oxidation sites excluding steroid dienone is 2. The summed E-state index contributed by atoms with van der Waals surface area (Å²) in [6, 6.07) is 0.341. The predicted molar refractivity (Wildman–Crippen MR) is 63.2 cm³/mol. The third-order valence-electron chi connectivity index (χ3n) is 3.54. The Labute approximate surface area is 88.8 Å². The largest absolute Gasteiger partial charge is 0.328 e. The van der Waals surface area contributed by atoms with Gasteiger partial charge in [-0.05, 0) is 51.4 Å². The first-order chi connectivity index (χ1) is 6.43. The van der Waals surface area contributed by atoms with E-state index in [2.05, 4.69) is 27.7 Å². The second kappa shape index (κ2) is 4.48. The Morgan fingerprint density at radius 1 is 1.43 bits per heavy atom. The molecule has 1 nitrogen and oxygen atoms in total. The van der Waals surface area contributed by atoms with Crippen molar-refractivity contribution in [3.05, 3.63) is 11.1 Å². The minimum Gasteiger partial charge on any atom is -0.328 e. The van der Waals surface area contributed by atoms with Crippen molar-refractivity contribution in [1.82, 2.24) is 0 Å². The first-order valence-corrected chi connectivity index (χ1v) is 5.88. The molecule has 0 aromatic carbocycles. The van der Waals surface area contributed by atoms with E-state index >= 15 is 0 Å². The molecule has 0 spiro atoms. The fourth-order valence-electron chi connectivity index (χ4n) is 2.60. The van der Waals surface area contributed by atoms with Crippen LogP contribution >= 0.6 is 0 Å². The van der Waals surface area contributed by atoms with Gasteiger partial charge in [-0.15, -0.1) is 0 Å². The summed E-state index contributed by atoms with van der Waals surface area (Å²) < 4.78 is 0. The summed E-state index contributed by atoms with van der Waals surface area (Å²) in [6.45, 7) is 9.17. The molecule has 82 valence electrons. The topological polar surface area (TPSA) is 26.0 Å². The van der Waals surface area contributed by atoms with E-state index in [1.54, 1.807) is 11.1 Å². The van der Waals surface area contributed by atoms with E-state index in [9.17, 15) is 0 Å². The Hall–Kier alpha value is -0.300. The summed E-state index contributed by atoms with van der Waals surface area (Å²) in [5.41, 5.74) is 9.56. The Bertz CT molecular complexity index is 223. The van der Waals surface area contributed by atoms with Gasteiger partial charge in [0.2, 0.25) is 0 Å². The second-order valence-corrected chi connectivity index (χ2v) is 5.51. The van der Waals surface area contributed by atoms with Crippen molar-refractivity contribution >= 4 is 0 Å². The number of rotatable bonds is 3. The molecule has 0 amide bonds. The lowest BCUT2D eigenvalue weighted by Gasteiger charge is -2.35. The molecule has 0 unspecified atom stereocenters. The Balaban J connectivity index is 2.70. The van der Waals surface area contributed by atoms with Crippen molar-refractivity contribution in [2.24, 2.45) is 11.1 Å². The molecule has 0 fully saturated rings. The van der Waals surface area contributed by atoms with Gasteiger partial charge in [-0.1, -0.05) is 25.0 Å². The molecule has 1 aliphatic carbocycles. The van der Waals surface area contributed by atoms with Gasteiger partial charge < -0.3 is 5.73 Å². The first kappa shape index (κ1) is 11.8. The summed E-state index contributed by atoms with van der Waals surface area (Å²) in [4.78, 5) is 0. The maximum absolute atomic E-state index is 5.82. The molecule has 0 radical (unpaired) electrons. The highest BCUT2D eigenvalue weighted by Gasteiger charge is 2.27. The van der Waals surface area contributed by atoms with Crippen molar-refractivity contribution in [3.63, 3.8) is 0 Å². The molecule has 0 aromatic rings. The van der Waals surface area contributed by atoms with Crippen LogP contribution < -0.4 is 5.73 Å². The van der Waals surface area contributed by atoms with Crippen LogP contribution in [-0.2, 0) is 0 Å². The number of nitrogens with two attached hydrogens (primary N) is 1. The zero-order valence-electron chi connectivity index (χ0n) is 10.2. The summed E-state index contributed by atoms with van der Waals surface area (Å²) in [6.07, 6.45) is 6.35. The highest BCUT2D eigenvalue weighted by Crippen LogP contribution is 2.42. The monoisotopic (exact) mass is 195 g/mol. The summed E-state index contributed by atoms with van der Waals surface area (Å²) in [5, 5.41) is 0. The molecule has 0 bridgehead atoms. The lowest BCUT2D eigenvalue weighted by atomic mass is 9.71. The van der Waals surface area contributed by atoms with Crippen molar-refractivity contribution in [3.8, 4) is 0 Å². The average Bonchev–Trinajstić information content (AvgIpc) is 2.01. The number of hydrogen-bond acceptors (Lipinski definition) is 1. The van der Waals surface area contributed by atoms with E-state index in [1.807, 2.05) is 0 Å². The van der Waals surface area contributed by atoms with Crippen molar-refractivity contribution < 1.29 is 0 Å². The minimum atomic E-state index is 0.341. The second-order valence-electron chi connectivity index (χ2n) is 5.51. The SMILES string of the molecule is CC1=C(CC[C@H](C)N)C(C)(C)CCC1. The molecule has 0 saturated heterocycles. The Kier molecular flexibility index (Phi) is 3.77. The smallest absolute Gasteiger partial charge is 0.00135 e. The normalized spacial score (nSPS) is 23.8. The van der Waals surface area contributed by atoms with Gasteiger partial charge in [0.25, 0.3) is 0 Å². The molecular formula is C13H25N. The van der Waals surface area contributed by atoms with Crippen LogP contribution in [0.1, 0.15) is 59.8 Å². The standard InChI is InChI=1S/C13H25N/c1-10-6-5-9-13(3,4)12(10)8-7-11(2)14/h11H,5-9,14H2,1-4H3/t11-/m0/s1. The molecule has 14 heavy (non-hydrogen) atoms. The van der Waals surface area contributed by atoms with Gasteiger partial charge in [0.05, 0.1) is 0 Å². The van der Waals surface area contributed by atoms with Crippen LogP contribution in [0.3, 0.4) is 0 Å². The zero-order valence-corrected chi connectivity index (χ0v) is 10.2. The third-order valence-corrected chi connectivity index (χ3v) is 3.54. The molecule has 1 aliphatic rings. The zero-order chi connectivity index (χ0) is 10.8. The quantitative estimate of drug-likeness (QED) is 0.684. The van der Waals surface area contributed by atoms with Crippen molar-refractivity contribution in [2.45, 2.75) is 65.8 Å². The van der Waals surface area contributed by atoms with E-state index in [1.165, 1.54) is 25.7 Å². The molecule has 0 saturated carbocycles. The maximum atomic E-state index is 5.82. The summed E-state index contributed by atoms with van der Waals surface area (Å²) in [5.74, 6) is 0. The van der Waals surface area contributed by atoms with Crippen LogP contribution in [-0.4, -0.2) is 6.04 Å². The van der Waals surface area contributed by atoms with Crippen molar-refractivity contribution in [2.75, 3.05) is 0 Å². The van der Waals surface area contributed by atoms with E-state index in [4.69, 9.17) is 5.73 Å². The fourth-order valence-corrected chi connectivity index (χ4v) is 2.60. The Morgan fingerprint density at radius 2 is 2.07 bits per heavy atom. The lowest BCUT2D eigenvalue weighted by Crippen LogP contribution is -2.23. The highest BCUT2D eigenvalue weighted by atomic mass is 14.6. The third kappa shape index (κ3) is 2.84. The Morgan fingerprint density at radius 3 is 2.57 bits per heavy atom. The molecule has 0 aliphatic heterocycles. The highest BCUT2D eigenvalue weighted by molar-refractivity contribution is 5.22. The van der Waals surface area contributed by atoms with E-state index in [0.29, 0.717) is 11.5 Å². The molecule has 0 heterocycles. The van der Waals surface area contributed by atoms with E-state index in [0.717, 1.165) is 6.42 Å². The molecule has 1 rings (SSSR count). The van der Waals surface area contributed by atoms with Crippen LogP contribution in [0.4, 0.5) is 0 Å². The van der Waals surface area contributed by atoms with Gasteiger partial charge in [0.1, 0.15) is 0 Å². The predicted octanol–water partition coefficient (Wildman–Crippen LogP) is 3.64. The van der Waals surface area contributed by atoms with Crippen LogP contribution in [0.2, 0.25) is 0 Å². The fraction of sp³-hybridized carbons (Fsp3) is 0.846.